The summed E-state index contributed by atoms with van der Waals surface area (Å²) < 4.78 is 4.61. The average molecular weight is 480 g/mol. The van der Waals surface area contributed by atoms with Crippen molar-refractivity contribution in [1.29, 1.82) is 0 Å². The summed E-state index contributed by atoms with van der Waals surface area (Å²) in [5.41, 5.74) is 6.02. The van der Waals surface area contributed by atoms with Gasteiger partial charge in [0.15, 0.2) is 0 Å². The predicted molar refractivity (Wildman–Crippen MR) is 148 cm³/mol. The van der Waals surface area contributed by atoms with Crippen molar-refractivity contribution in [2.24, 2.45) is 0 Å². The molecule has 0 atom stereocenters. The van der Waals surface area contributed by atoms with E-state index in [0.717, 1.165) is 38.7 Å². The van der Waals surface area contributed by atoms with Gasteiger partial charge < -0.3 is 0 Å². The van der Waals surface area contributed by atoms with Gasteiger partial charge in [0, 0.05) is 50.4 Å². The zero-order valence-electron chi connectivity index (χ0n) is 19.0. The molecule has 4 heterocycles. The van der Waals surface area contributed by atoms with Crippen LogP contribution in [0.4, 0.5) is 0 Å². The van der Waals surface area contributed by atoms with Crippen LogP contribution in [0.5, 0.6) is 0 Å². The van der Waals surface area contributed by atoms with Gasteiger partial charge in [0.05, 0.1) is 32.5 Å². The zero-order chi connectivity index (χ0) is 23.6. The van der Waals surface area contributed by atoms with Gasteiger partial charge in [0.1, 0.15) is 0 Å². The highest BCUT2D eigenvalue weighted by atomic mass is 32.1. The lowest BCUT2D eigenvalue weighted by atomic mass is 10.1. The third-order valence-corrected chi connectivity index (χ3v) is 7.96. The van der Waals surface area contributed by atoms with Crippen LogP contribution < -0.4 is 0 Å². The third kappa shape index (κ3) is 2.70. The van der Waals surface area contributed by atoms with Crippen molar-refractivity contribution in [2.45, 2.75) is 0 Å². The molecule has 0 fully saturated rings. The topological polar surface area (TPSA) is 56.5 Å². The first-order chi connectivity index (χ1) is 17.9. The molecule has 4 aromatic carbocycles. The van der Waals surface area contributed by atoms with Gasteiger partial charge in [0.25, 0.3) is 0 Å². The predicted octanol–water partition coefficient (Wildman–Crippen LogP) is 7.55. The lowest BCUT2D eigenvalue weighted by Crippen LogP contribution is -2.01. The Hall–Kier alpha value is -4.68. The van der Waals surface area contributed by atoms with Gasteiger partial charge in [-0.25, -0.2) is 9.97 Å². The maximum absolute atomic E-state index is 5.03. The molecule has 0 bridgehead atoms. The van der Waals surface area contributed by atoms with E-state index in [-0.39, 0.29) is 0 Å². The standard InChI is InChI=1S/C30H17N5S/c1-2-6-18(7-3-1)22-14-15-33-30(34-22)35-24-9-5-4-8-19(24)20-10-11-21-26-25(36-29(21)28(20)35)13-12-23-27(26)32-17-16-31-23/h1-17H. The van der Waals surface area contributed by atoms with E-state index in [1.165, 1.54) is 25.6 Å². The van der Waals surface area contributed by atoms with E-state index in [0.29, 0.717) is 5.95 Å². The minimum atomic E-state index is 0.664. The fraction of sp³-hybridized carbons (Fsp3) is 0. The summed E-state index contributed by atoms with van der Waals surface area (Å²) >= 11 is 1.79. The van der Waals surface area contributed by atoms with Gasteiger partial charge in [0.2, 0.25) is 5.95 Å². The number of aromatic nitrogens is 5. The van der Waals surface area contributed by atoms with Gasteiger partial charge in [-0.15, -0.1) is 11.3 Å². The Balaban J connectivity index is 1.53. The largest absolute Gasteiger partial charge is 0.276 e. The summed E-state index contributed by atoms with van der Waals surface area (Å²) in [5.74, 6) is 0.664. The lowest BCUT2D eigenvalue weighted by molar-refractivity contribution is 0.995. The number of para-hydroxylation sites is 1. The summed E-state index contributed by atoms with van der Waals surface area (Å²) in [4.78, 5) is 19.0. The van der Waals surface area contributed by atoms with E-state index >= 15 is 0 Å². The van der Waals surface area contributed by atoms with E-state index in [1.54, 1.807) is 23.7 Å². The first-order valence-corrected chi connectivity index (χ1v) is 12.6. The van der Waals surface area contributed by atoms with Crippen molar-refractivity contribution < 1.29 is 0 Å². The molecular formula is C30H17N5S. The summed E-state index contributed by atoms with van der Waals surface area (Å²) in [6, 6.07) is 29.3. The van der Waals surface area contributed by atoms with Crippen LogP contribution in [0.3, 0.4) is 0 Å². The third-order valence-electron chi connectivity index (χ3n) is 6.79. The average Bonchev–Trinajstić information content (AvgIpc) is 3.50. The highest BCUT2D eigenvalue weighted by molar-refractivity contribution is 7.26. The molecule has 8 rings (SSSR count). The Morgan fingerprint density at radius 1 is 0.639 bits per heavy atom. The highest BCUT2D eigenvalue weighted by Gasteiger charge is 2.20. The fourth-order valence-electron chi connectivity index (χ4n) is 5.23. The zero-order valence-corrected chi connectivity index (χ0v) is 19.8. The molecule has 0 aliphatic heterocycles. The number of thiophene rings is 1. The monoisotopic (exact) mass is 479 g/mol. The molecule has 168 valence electrons. The van der Waals surface area contributed by atoms with Gasteiger partial charge in [-0.1, -0.05) is 60.7 Å². The second kappa shape index (κ2) is 7.41. The molecule has 0 spiro atoms. The number of hydrogen-bond acceptors (Lipinski definition) is 5. The first-order valence-electron chi connectivity index (χ1n) is 11.7. The Kier molecular flexibility index (Phi) is 4.03. The van der Waals surface area contributed by atoms with Crippen LogP contribution in [0, 0.1) is 0 Å². The van der Waals surface area contributed by atoms with Gasteiger partial charge in [-0.05, 0) is 24.3 Å². The minimum Gasteiger partial charge on any atom is -0.276 e. The number of fused-ring (bicyclic) bond motifs is 9. The molecule has 0 aliphatic carbocycles. The fourth-order valence-corrected chi connectivity index (χ4v) is 6.48. The van der Waals surface area contributed by atoms with E-state index < -0.39 is 0 Å². The Labute approximate surface area is 209 Å². The molecule has 0 saturated carbocycles. The Morgan fingerprint density at radius 3 is 2.42 bits per heavy atom. The molecule has 36 heavy (non-hydrogen) atoms. The van der Waals surface area contributed by atoms with Crippen LogP contribution in [0.15, 0.2) is 104 Å². The molecule has 0 N–H and O–H groups in total. The normalized spacial score (nSPS) is 11.9. The maximum atomic E-state index is 5.03. The molecule has 0 saturated heterocycles. The first kappa shape index (κ1) is 19.6. The van der Waals surface area contributed by atoms with E-state index in [2.05, 4.69) is 70.2 Å². The summed E-state index contributed by atoms with van der Waals surface area (Å²) in [6.07, 6.45) is 5.36. The van der Waals surface area contributed by atoms with Crippen LogP contribution in [-0.2, 0) is 0 Å². The summed E-state index contributed by atoms with van der Waals surface area (Å²) in [7, 11) is 0. The van der Waals surface area contributed by atoms with E-state index in [4.69, 9.17) is 15.0 Å². The SMILES string of the molecule is c1ccc(-c2ccnc(-n3c4ccccc4c4ccc5c(sc6ccc7nccnc7c65)c43)n2)cc1. The quantitative estimate of drug-likeness (QED) is 0.257. The minimum absolute atomic E-state index is 0.664. The second-order valence-corrected chi connectivity index (χ2v) is 9.82. The maximum Gasteiger partial charge on any atom is 0.235 e. The van der Waals surface area contributed by atoms with Crippen LogP contribution in [0.25, 0.3) is 70.2 Å². The molecule has 0 aliphatic rings. The smallest absolute Gasteiger partial charge is 0.235 e. The lowest BCUT2D eigenvalue weighted by Gasteiger charge is -2.08. The van der Waals surface area contributed by atoms with Gasteiger partial charge >= 0.3 is 0 Å². The molecule has 6 heteroatoms. The van der Waals surface area contributed by atoms with Gasteiger partial charge in [-0.2, -0.15) is 0 Å². The Morgan fingerprint density at radius 2 is 1.47 bits per heavy atom. The molecule has 0 unspecified atom stereocenters. The summed E-state index contributed by atoms with van der Waals surface area (Å²) in [5, 5.41) is 4.70. The van der Waals surface area contributed by atoms with Crippen molar-refractivity contribution in [2.75, 3.05) is 0 Å². The molecule has 0 radical (unpaired) electrons. The molecule has 0 amide bonds. The van der Waals surface area contributed by atoms with Crippen molar-refractivity contribution in [3.8, 4) is 17.2 Å². The Bertz CT molecular complexity index is 2110. The van der Waals surface area contributed by atoms with Crippen molar-refractivity contribution in [3.63, 3.8) is 0 Å². The van der Waals surface area contributed by atoms with Crippen molar-refractivity contribution in [1.82, 2.24) is 24.5 Å². The van der Waals surface area contributed by atoms with Crippen LogP contribution in [0.2, 0.25) is 0 Å². The van der Waals surface area contributed by atoms with Crippen LogP contribution >= 0.6 is 11.3 Å². The number of hydrogen-bond donors (Lipinski definition) is 0. The number of benzene rings is 4. The molecular weight excluding hydrogens is 462 g/mol. The summed E-state index contributed by atoms with van der Waals surface area (Å²) in [6.45, 7) is 0. The number of nitrogens with zero attached hydrogens (tertiary/aromatic N) is 5. The van der Waals surface area contributed by atoms with Crippen molar-refractivity contribution >= 4 is 64.3 Å². The van der Waals surface area contributed by atoms with E-state index in [9.17, 15) is 0 Å². The number of rotatable bonds is 2. The molecule has 8 aromatic rings. The second-order valence-electron chi connectivity index (χ2n) is 8.76. The van der Waals surface area contributed by atoms with Crippen LogP contribution in [0.1, 0.15) is 0 Å². The van der Waals surface area contributed by atoms with E-state index in [1.807, 2.05) is 30.5 Å². The molecule has 5 nitrogen and oxygen atoms in total. The van der Waals surface area contributed by atoms with Crippen molar-refractivity contribution in [3.05, 3.63) is 104 Å². The highest BCUT2D eigenvalue weighted by Crippen LogP contribution is 2.44. The van der Waals surface area contributed by atoms with Gasteiger partial charge in [-0.3, -0.25) is 14.5 Å². The van der Waals surface area contributed by atoms with Crippen LogP contribution in [-0.4, -0.2) is 24.5 Å². The molecule has 4 aromatic heterocycles.